The maximum atomic E-state index is 13.1. The van der Waals surface area contributed by atoms with Gasteiger partial charge in [0, 0.05) is 44.0 Å². The third-order valence-corrected chi connectivity index (χ3v) is 5.30. The number of likely N-dealkylation sites (N-methyl/N-ethyl adjacent to an activating group) is 1. The van der Waals surface area contributed by atoms with Crippen molar-refractivity contribution >= 4 is 28.9 Å². The van der Waals surface area contributed by atoms with Crippen molar-refractivity contribution in [2.45, 2.75) is 19.8 Å². The number of nitro groups is 1. The van der Waals surface area contributed by atoms with Crippen molar-refractivity contribution < 1.29 is 19.2 Å². The number of rotatable bonds is 7. The highest BCUT2D eigenvalue weighted by Gasteiger charge is 2.23. The first-order chi connectivity index (χ1) is 14.9. The standard InChI is InChI=1S/C22H26N4O5/c1-15-8-10-25(11-9-15)20-7-6-17(26(29)30)13-19(20)22(28)24-16-4-3-5-18(12-16)31-14-21(27)23-2/h3-7,12-13,15H,8-11,14H2,1-2H3,(H,23,27)(H,24,28). The molecule has 2 N–H and O–H groups in total. The van der Waals surface area contributed by atoms with E-state index in [9.17, 15) is 19.7 Å². The van der Waals surface area contributed by atoms with Gasteiger partial charge in [0.2, 0.25) is 0 Å². The SMILES string of the molecule is CNC(=O)COc1cccc(NC(=O)c2cc([N+](=O)[O-])ccc2N2CCC(C)CC2)c1. The monoisotopic (exact) mass is 426 g/mol. The number of anilines is 2. The Labute approximate surface area is 180 Å². The predicted octanol–water partition coefficient (Wildman–Crippen LogP) is 3.21. The van der Waals surface area contributed by atoms with Crippen LogP contribution >= 0.6 is 0 Å². The van der Waals surface area contributed by atoms with E-state index in [-0.39, 0.29) is 23.8 Å². The molecule has 31 heavy (non-hydrogen) atoms. The summed E-state index contributed by atoms with van der Waals surface area (Å²) in [4.78, 5) is 37.3. The van der Waals surface area contributed by atoms with Gasteiger partial charge >= 0.3 is 0 Å². The fourth-order valence-corrected chi connectivity index (χ4v) is 3.43. The van der Waals surface area contributed by atoms with Gasteiger partial charge in [0.15, 0.2) is 6.61 Å². The van der Waals surface area contributed by atoms with Crippen molar-refractivity contribution in [1.82, 2.24) is 5.32 Å². The van der Waals surface area contributed by atoms with E-state index in [0.717, 1.165) is 25.9 Å². The van der Waals surface area contributed by atoms with Gasteiger partial charge in [-0.1, -0.05) is 13.0 Å². The Morgan fingerprint density at radius 3 is 2.61 bits per heavy atom. The van der Waals surface area contributed by atoms with Crippen molar-refractivity contribution in [1.29, 1.82) is 0 Å². The lowest BCUT2D eigenvalue weighted by Crippen LogP contribution is -2.34. The molecule has 0 aromatic heterocycles. The molecule has 3 rings (SSSR count). The Morgan fingerprint density at radius 2 is 1.94 bits per heavy atom. The molecule has 0 radical (unpaired) electrons. The van der Waals surface area contributed by atoms with Crippen LogP contribution in [0.3, 0.4) is 0 Å². The van der Waals surface area contributed by atoms with Crippen molar-refractivity contribution in [3.8, 4) is 5.75 Å². The summed E-state index contributed by atoms with van der Waals surface area (Å²) in [6.45, 7) is 3.64. The zero-order valence-corrected chi connectivity index (χ0v) is 17.6. The van der Waals surface area contributed by atoms with Crippen LogP contribution in [0.15, 0.2) is 42.5 Å². The lowest BCUT2D eigenvalue weighted by Gasteiger charge is -2.33. The summed E-state index contributed by atoms with van der Waals surface area (Å²) in [5.41, 5.74) is 1.26. The molecule has 9 heteroatoms. The van der Waals surface area contributed by atoms with E-state index < -0.39 is 10.8 Å². The van der Waals surface area contributed by atoms with Crippen LogP contribution in [-0.2, 0) is 4.79 Å². The van der Waals surface area contributed by atoms with E-state index in [1.807, 2.05) is 0 Å². The van der Waals surface area contributed by atoms with Gasteiger partial charge in [-0.05, 0) is 37.0 Å². The number of benzene rings is 2. The van der Waals surface area contributed by atoms with Gasteiger partial charge in [0.25, 0.3) is 17.5 Å². The first-order valence-corrected chi connectivity index (χ1v) is 10.2. The van der Waals surface area contributed by atoms with Crippen LogP contribution in [0.1, 0.15) is 30.1 Å². The second kappa shape index (κ2) is 9.92. The summed E-state index contributed by atoms with van der Waals surface area (Å²) in [5, 5.41) is 16.5. The van der Waals surface area contributed by atoms with E-state index in [0.29, 0.717) is 23.0 Å². The molecular weight excluding hydrogens is 400 g/mol. The number of nitrogens with one attached hydrogen (secondary N) is 2. The van der Waals surface area contributed by atoms with Crippen LogP contribution in [0.25, 0.3) is 0 Å². The molecule has 2 aromatic carbocycles. The zero-order valence-electron chi connectivity index (χ0n) is 17.6. The van der Waals surface area contributed by atoms with Crippen LogP contribution in [0.2, 0.25) is 0 Å². The van der Waals surface area contributed by atoms with Gasteiger partial charge in [0.05, 0.1) is 16.2 Å². The third-order valence-electron chi connectivity index (χ3n) is 5.30. The smallest absolute Gasteiger partial charge is 0.270 e. The summed E-state index contributed by atoms with van der Waals surface area (Å²) in [6.07, 6.45) is 2.01. The van der Waals surface area contributed by atoms with Gasteiger partial charge in [-0.2, -0.15) is 0 Å². The molecule has 1 heterocycles. The number of nitrogens with zero attached hydrogens (tertiary/aromatic N) is 2. The second-order valence-electron chi connectivity index (χ2n) is 7.57. The Morgan fingerprint density at radius 1 is 1.19 bits per heavy atom. The lowest BCUT2D eigenvalue weighted by atomic mass is 9.98. The van der Waals surface area contributed by atoms with Crippen LogP contribution in [-0.4, -0.2) is 43.5 Å². The van der Waals surface area contributed by atoms with Gasteiger partial charge in [-0.3, -0.25) is 19.7 Å². The molecule has 0 unspecified atom stereocenters. The highest BCUT2D eigenvalue weighted by atomic mass is 16.6. The van der Waals surface area contributed by atoms with E-state index in [1.54, 1.807) is 30.3 Å². The predicted molar refractivity (Wildman–Crippen MR) is 118 cm³/mol. The molecule has 0 aliphatic carbocycles. The normalized spacial score (nSPS) is 14.1. The number of carbonyl (C=O) groups is 2. The van der Waals surface area contributed by atoms with E-state index >= 15 is 0 Å². The summed E-state index contributed by atoms with van der Waals surface area (Å²) < 4.78 is 5.41. The average Bonchev–Trinajstić information content (AvgIpc) is 2.77. The molecule has 1 aliphatic rings. The fraction of sp³-hybridized carbons (Fsp3) is 0.364. The van der Waals surface area contributed by atoms with Gasteiger partial charge in [0.1, 0.15) is 5.75 Å². The summed E-state index contributed by atoms with van der Waals surface area (Å²) in [6, 6.07) is 11.0. The van der Waals surface area contributed by atoms with Crippen molar-refractivity contribution in [2.24, 2.45) is 5.92 Å². The van der Waals surface area contributed by atoms with Crippen LogP contribution < -0.4 is 20.3 Å². The molecule has 0 bridgehead atoms. The Kier molecular flexibility index (Phi) is 7.07. The zero-order chi connectivity index (χ0) is 22.4. The number of piperidine rings is 1. The Balaban J connectivity index is 1.82. The molecule has 0 saturated carbocycles. The number of nitro benzene ring substituents is 1. The summed E-state index contributed by atoms with van der Waals surface area (Å²) >= 11 is 0. The molecule has 0 spiro atoms. The highest BCUT2D eigenvalue weighted by Crippen LogP contribution is 2.30. The minimum atomic E-state index is -0.508. The van der Waals surface area contributed by atoms with Gasteiger partial charge < -0.3 is 20.3 Å². The molecule has 1 aliphatic heterocycles. The number of carbonyl (C=O) groups excluding carboxylic acids is 2. The summed E-state index contributed by atoms with van der Waals surface area (Å²) in [5.74, 6) is 0.321. The van der Waals surface area contributed by atoms with Crippen LogP contribution in [0, 0.1) is 16.0 Å². The number of amides is 2. The molecule has 164 valence electrons. The molecule has 1 saturated heterocycles. The molecule has 2 amide bonds. The summed E-state index contributed by atoms with van der Waals surface area (Å²) in [7, 11) is 1.52. The molecule has 1 fully saturated rings. The number of hydrogen-bond acceptors (Lipinski definition) is 6. The molecule has 2 aromatic rings. The van der Waals surface area contributed by atoms with Crippen LogP contribution in [0.4, 0.5) is 17.1 Å². The van der Waals surface area contributed by atoms with Crippen LogP contribution in [0.5, 0.6) is 5.75 Å². The van der Waals surface area contributed by atoms with Gasteiger partial charge in [-0.25, -0.2) is 0 Å². The van der Waals surface area contributed by atoms with Crippen molar-refractivity contribution in [3.05, 3.63) is 58.1 Å². The molecule has 9 nitrogen and oxygen atoms in total. The van der Waals surface area contributed by atoms with Gasteiger partial charge in [-0.15, -0.1) is 0 Å². The fourth-order valence-electron chi connectivity index (χ4n) is 3.43. The minimum absolute atomic E-state index is 0.137. The highest BCUT2D eigenvalue weighted by molar-refractivity contribution is 6.08. The van der Waals surface area contributed by atoms with Crippen molar-refractivity contribution in [3.63, 3.8) is 0 Å². The number of ether oxygens (including phenoxy) is 1. The van der Waals surface area contributed by atoms with E-state index in [1.165, 1.54) is 19.2 Å². The minimum Gasteiger partial charge on any atom is -0.484 e. The lowest BCUT2D eigenvalue weighted by molar-refractivity contribution is -0.384. The Bertz CT molecular complexity index is 970. The maximum absolute atomic E-state index is 13.1. The third kappa shape index (κ3) is 5.71. The molecule has 0 atom stereocenters. The first-order valence-electron chi connectivity index (χ1n) is 10.2. The average molecular weight is 426 g/mol. The van der Waals surface area contributed by atoms with E-state index in [4.69, 9.17) is 4.74 Å². The first kappa shape index (κ1) is 22.1. The topological polar surface area (TPSA) is 114 Å². The number of non-ortho nitro benzene ring substituents is 1. The number of hydrogen-bond donors (Lipinski definition) is 2. The largest absolute Gasteiger partial charge is 0.484 e. The van der Waals surface area contributed by atoms with E-state index in [2.05, 4.69) is 22.5 Å². The molecular formula is C22H26N4O5. The second-order valence-corrected chi connectivity index (χ2v) is 7.57. The van der Waals surface area contributed by atoms with Crippen molar-refractivity contribution in [2.75, 3.05) is 37.0 Å². The maximum Gasteiger partial charge on any atom is 0.270 e. The quantitative estimate of drug-likeness (QED) is 0.519. The Hall–Kier alpha value is -3.62.